The summed E-state index contributed by atoms with van der Waals surface area (Å²) in [4.78, 5) is 20.1. The van der Waals surface area contributed by atoms with E-state index in [0.717, 1.165) is 12.1 Å². The summed E-state index contributed by atoms with van der Waals surface area (Å²) in [5.41, 5.74) is 3.76. The number of aromatic nitrogens is 2. The van der Waals surface area contributed by atoms with Crippen LogP contribution in [0.1, 0.15) is 34.8 Å². The Labute approximate surface area is 124 Å². The molecular formula is C16H20N4O. The van der Waals surface area contributed by atoms with Gasteiger partial charge in [0.1, 0.15) is 0 Å². The molecule has 0 aliphatic carbocycles. The van der Waals surface area contributed by atoms with Gasteiger partial charge in [0.15, 0.2) is 0 Å². The first kappa shape index (κ1) is 15.0. The lowest BCUT2D eigenvalue weighted by Crippen LogP contribution is -2.24. The number of carbonyl (C=O) groups is 1. The molecule has 0 fully saturated rings. The van der Waals surface area contributed by atoms with Crippen LogP contribution >= 0.6 is 0 Å². The topological polar surface area (TPSA) is 66.9 Å². The van der Waals surface area contributed by atoms with Crippen LogP contribution in [-0.2, 0) is 0 Å². The van der Waals surface area contributed by atoms with Crippen LogP contribution in [0.2, 0.25) is 0 Å². The number of aryl methyl sites for hydroxylation is 2. The van der Waals surface area contributed by atoms with Gasteiger partial charge in [-0.2, -0.15) is 0 Å². The zero-order valence-electron chi connectivity index (χ0n) is 12.6. The lowest BCUT2D eigenvalue weighted by molar-refractivity contribution is 0.0953. The van der Waals surface area contributed by atoms with E-state index in [0.29, 0.717) is 18.1 Å². The molecule has 0 unspecified atom stereocenters. The van der Waals surface area contributed by atoms with Gasteiger partial charge >= 0.3 is 0 Å². The third kappa shape index (κ3) is 4.27. The predicted octanol–water partition coefficient (Wildman–Crippen LogP) is 2.98. The molecule has 0 spiro atoms. The minimum Gasteiger partial charge on any atom is -0.352 e. The Kier molecular flexibility index (Phi) is 4.87. The molecule has 2 aromatic rings. The van der Waals surface area contributed by atoms with Crippen molar-refractivity contribution in [2.45, 2.75) is 27.2 Å². The summed E-state index contributed by atoms with van der Waals surface area (Å²) in [6.07, 6.45) is 3.96. The van der Waals surface area contributed by atoms with E-state index in [1.54, 1.807) is 0 Å². The van der Waals surface area contributed by atoms with Crippen LogP contribution in [0.25, 0.3) is 0 Å². The van der Waals surface area contributed by atoms with Crippen LogP contribution in [0.4, 0.5) is 11.6 Å². The van der Waals surface area contributed by atoms with Gasteiger partial charge in [-0.25, -0.2) is 9.97 Å². The Morgan fingerprint density at radius 2 is 1.71 bits per heavy atom. The maximum atomic E-state index is 11.8. The van der Waals surface area contributed by atoms with Gasteiger partial charge in [-0.1, -0.05) is 13.0 Å². The second kappa shape index (κ2) is 6.83. The number of nitrogens with zero attached hydrogens (tertiary/aromatic N) is 2. The van der Waals surface area contributed by atoms with E-state index in [2.05, 4.69) is 26.7 Å². The molecule has 5 nitrogen and oxygen atoms in total. The van der Waals surface area contributed by atoms with Gasteiger partial charge in [0.25, 0.3) is 5.91 Å². The monoisotopic (exact) mass is 284 g/mol. The Morgan fingerprint density at radius 3 is 2.29 bits per heavy atom. The van der Waals surface area contributed by atoms with E-state index >= 15 is 0 Å². The fourth-order valence-electron chi connectivity index (χ4n) is 2.03. The lowest BCUT2D eigenvalue weighted by Gasteiger charge is -2.08. The van der Waals surface area contributed by atoms with Crippen molar-refractivity contribution in [1.29, 1.82) is 0 Å². The van der Waals surface area contributed by atoms with Gasteiger partial charge in [0, 0.05) is 24.6 Å². The number of benzene rings is 1. The normalized spacial score (nSPS) is 10.2. The van der Waals surface area contributed by atoms with Crippen molar-refractivity contribution in [3.8, 4) is 0 Å². The zero-order chi connectivity index (χ0) is 15.2. The molecule has 0 bridgehead atoms. The second-order valence-electron chi connectivity index (χ2n) is 5.05. The maximum Gasteiger partial charge on any atom is 0.254 e. The van der Waals surface area contributed by atoms with E-state index < -0.39 is 0 Å². The molecule has 1 aromatic carbocycles. The van der Waals surface area contributed by atoms with Crippen molar-refractivity contribution in [3.63, 3.8) is 0 Å². The molecule has 110 valence electrons. The molecule has 0 atom stereocenters. The Hall–Kier alpha value is -2.43. The fraction of sp³-hybridized carbons (Fsp3) is 0.312. The predicted molar refractivity (Wildman–Crippen MR) is 83.9 cm³/mol. The van der Waals surface area contributed by atoms with Crippen molar-refractivity contribution < 1.29 is 4.79 Å². The van der Waals surface area contributed by atoms with Gasteiger partial charge in [-0.05, 0) is 43.5 Å². The van der Waals surface area contributed by atoms with Crippen LogP contribution in [0.15, 0.2) is 30.6 Å². The quantitative estimate of drug-likeness (QED) is 0.885. The summed E-state index contributed by atoms with van der Waals surface area (Å²) in [5.74, 6) is 0.335. The third-order valence-electron chi connectivity index (χ3n) is 2.93. The number of carbonyl (C=O) groups excluding carboxylic acids is 1. The van der Waals surface area contributed by atoms with E-state index in [1.165, 1.54) is 23.5 Å². The van der Waals surface area contributed by atoms with Gasteiger partial charge in [0.2, 0.25) is 5.95 Å². The highest BCUT2D eigenvalue weighted by atomic mass is 16.1. The standard InChI is InChI=1S/C16H20N4O/c1-4-5-17-15(21)13-9-18-16(19-10-13)20-14-7-11(2)6-12(3)8-14/h6-10H,4-5H2,1-3H3,(H,17,21)(H,18,19,20). The van der Waals surface area contributed by atoms with Crippen molar-refractivity contribution in [2.24, 2.45) is 0 Å². The minimum absolute atomic E-state index is 0.144. The maximum absolute atomic E-state index is 11.8. The molecule has 21 heavy (non-hydrogen) atoms. The Bertz CT molecular complexity index is 602. The average molecular weight is 284 g/mol. The minimum atomic E-state index is -0.144. The van der Waals surface area contributed by atoms with Crippen LogP contribution in [0, 0.1) is 13.8 Å². The molecule has 2 N–H and O–H groups in total. The second-order valence-corrected chi connectivity index (χ2v) is 5.05. The molecule has 0 aliphatic rings. The van der Waals surface area contributed by atoms with E-state index in [1.807, 2.05) is 32.9 Å². The highest BCUT2D eigenvalue weighted by Gasteiger charge is 2.06. The molecule has 0 aliphatic heterocycles. The number of hydrogen-bond acceptors (Lipinski definition) is 4. The van der Waals surface area contributed by atoms with Gasteiger partial charge in [0.05, 0.1) is 5.56 Å². The largest absolute Gasteiger partial charge is 0.352 e. The van der Waals surface area contributed by atoms with E-state index in [9.17, 15) is 4.79 Å². The number of anilines is 2. The number of hydrogen-bond donors (Lipinski definition) is 2. The first-order chi connectivity index (χ1) is 10.1. The molecule has 1 aromatic heterocycles. The van der Waals surface area contributed by atoms with Crippen molar-refractivity contribution in [1.82, 2.24) is 15.3 Å². The molecule has 0 saturated heterocycles. The SMILES string of the molecule is CCCNC(=O)c1cnc(Nc2cc(C)cc(C)c2)nc1. The number of rotatable bonds is 5. The Balaban J connectivity index is 2.07. The summed E-state index contributed by atoms with van der Waals surface area (Å²) in [7, 11) is 0. The smallest absolute Gasteiger partial charge is 0.254 e. The van der Waals surface area contributed by atoms with Crippen molar-refractivity contribution in [3.05, 3.63) is 47.3 Å². The molecule has 2 rings (SSSR count). The summed E-state index contributed by atoms with van der Waals surface area (Å²) in [5, 5.41) is 5.93. The van der Waals surface area contributed by atoms with E-state index in [-0.39, 0.29) is 5.91 Å². The third-order valence-corrected chi connectivity index (χ3v) is 2.93. The molecule has 1 heterocycles. The lowest BCUT2D eigenvalue weighted by atomic mass is 10.1. The zero-order valence-corrected chi connectivity index (χ0v) is 12.6. The van der Waals surface area contributed by atoms with Crippen LogP contribution in [-0.4, -0.2) is 22.4 Å². The Morgan fingerprint density at radius 1 is 1.10 bits per heavy atom. The molecule has 1 amide bonds. The highest BCUT2D eigenvalue weighted by Crippen LogP contribution is 2.16. The summed E-state index contributed by atoms with van der Waals surface area (Å²) in [6, 6.07) is 6.16. The summed E-state index contributed by atoms with van der Waals surface area (Å²) in [6.45, 7) is 6.75. The molecular weight excluding hydrogens is 264 g/mol. The van der Waals surface area contributed by atoms with Gasteiger partial charge in [-0.3, -0.25) is 4.79 Å². The molecule has 0 saturated carbocycles. The van der Waals surface area contributed by atoms with E-state index in [4.69, 9.17) is 0 Å². The first-order valence-corrected chi connectivity index (χ1v) is 7.04. The van der Waals surface area contributed by atoms with Crippen molar-refractivity contribution in [2.75, 3.05) is 11.9 Å². The van der Waals surface area contributed by atoms with Crippen LogP contribution in [0.5, 0.6) is 0 Å². The van der Waals surface area contributed by atoms with Gasteiger partial charge in [-0.15, -0.1) is 0 Å². The highest BCUT2D eigenvalue weighted by molar-refractivity contribution is 5.93. The summed E-state index contributed by atoms with van der Waals surface area (Å²) >= 11 is 0. The molecule has 5 heteroatoms. The summed E-state index contributed by atoms with van der Waals surface area (Å²) < 4.78 is 0. The number of nitrogens with one attached hydrogen (secondary N) is 2. The molecule has 0 radical (unpaired) electrons. The van der Waals surface area contributed by atoms with Crippen LogP contribution < -0.4 is 10.6 Å². The fourth-order valence-corrected chi connectivity index (χ4v) is 2.03. The van der Waals surface area contributed by atoms with Crippen LogP contribution in [0.3, 0.4) is 0 Å². The van der Waals surface area contributed by atoms with Gasteiger partial charge < -0.3 is 10.6 Å². The first-order valence-electron chi connectivity index (χ1n) is 7.04. The average Bonchev–Trinajstić information content (AvgIpc) is 2.44. The van der Waals surface area contributed by atoms with Crippen molar-refractivity contribution >= 4 is 17.5 Å². The number of amides is 1.